The molecule has 1 heterocycles. The topological polar surface area (TPSA) is 12.9 Å². The second kappa shape index (κ2) is 5.53. The molecule has 3 rings (SSSR count). The summed E-state index contributed by atoms with van der Waals surface area (Å²) in [5, 5.41) is 0. The summed E-state index contributed by atoms with van der Waals surface area (Å²) in [6, 6.07) is 19.4. The molecular weight excluding hydrogens is 254 g/mol. The van der Waals surface area contributed by atoms with Gasteiger partial charge in [-0.15, -0.1) is 0 Å². The molecule has 0 atom stereocenters. The van der Waals surface area contributed by atoms with E-state index in [1.165, 1.54) is 27.8 Å². The van der Waals surface area contributed by atoms with Crippen molar-refractivity contribution < 1.29 is 0 Å². The molecule has 0 bridgehead atoms. The lowest BCUT2D eigenvalue weighted by atomic mass is 9.97. The fourth-order valence-electron chi connectivity index (χ4n) is 2.65. The number of hydrogen-bond acceptors (Lipinski definition) is 1. The quantitative estimate of drug-likeness (QED) is 0.614. The number of nitrogens with zero attached hydrogens (tertiary/aromatic N) is 1. The molecule has 3 aromatic rings. The number of aryl methyl sites for hydroxylation is 3. The minimum Gasteiger partial charge on any atom is -0.256 e. The van der Waals surface area contributed by atoms with Crippen LogP contribution in [0.4, 0.5) is 0 Å². The monoisotopic (exact) mass is 273 g/mol. The average Bonchev–Trinajstić information content (AvgIpc) is 2.47. The van der Waals surface area contributed by atoms with Crippen LogP contribution in [0.15, 0.2) is 60.8 Å². The Balaban J connectivity index is 1.97. The van der Waals surface area contributed by atoms with Crippen molar-refractivity contribution in [3.63, 3.8) is 0 Å². The van der Waals surface area contributed by atoms with Crippen molar-refractivity contribution in [2.45, 2.75) is 20.8 Å². The van der Waals surface area contributed by atoms with Crippen LogP contribution in [-0.2, 0) is 0 Å². The number of rotatable bonds is 2. The lowest BCUT2D eigenvalue weighted by molar-refractivity contribution is 1.29. The first-order valence-corrected chi connectivity index (χ1v) is 7.24. The van der Waals surface area contributed by atoms with Crippen molar-refractivity contribution in [2.75, 3.05) is 0 Å². The highest BCUT2D eigenvalue weighted by molar-refractivity contribution is 5.71. The van der Waals surface area contributed by atoms with Gasteiger partial charge in [0.15, 0.2) is 0 Å². The minimum absolute atomic E-state index is 1.03. The van der Waals surface area contributed by atoms with Crippen LogP contribution in [0, 0.1) is 20.8 Å². The smallest absolute Gasteiger partial charge is 0.0704 e. The predicted molar refractivity (Wildman–Crippen MR) is 89.3 cm³/mol. The summed E-state index contributed by atoms with van der Waals surface area (Å²) >= 11 is 0. The van der Waals surface area contributed by atoms with Crippen LogP contribution in [-0.4, -0.2) is 4.98 Å². The van der Waals surface area contributed by atoms with E-state index in [1.54, 1.807) is 0 Å². The van der Waals surface area contributed by atoms with Gasteiger partial charge in [0.1, 0.15) is 0 Å². The molecule has 0 amide bonds. The van der Waals surface area contributed by atoms with Crippen molar-refractivity contribution >= 4 is 0 Å². The molecule has 1 heteroatoms. The molecule has 0 saturated carbocycles. The summed E-state index contributed by atoms with van der Waals surface area (Å²) in [4.78, 5) is 4.44. The van der Waals surface area contributed by atoms with Crippen LogP contribution in [0.3, 0.4) is 0 Å². The molecule has 0 fully saturated rings. The number of hydrogen-bond donors (Lipinski definition) is 0. The second-order valence-electron chi connectivity index (χ2n) is 5.61. The first-order valence-electron chi connectivity index (χ1n) is 7.24. The van der Waals surface area contributed by atoms with Crippen molar-refractivity contribution in [3.05, 3.63) is 77.5 Å². The zero-order chi connectivity index (χ0) is 14.8. The van der Waals surface area contributed by atoms with Gasteiger partial charge in [-0.2, -0.15) is 0 Å². The summed E-state index contributed by atoms with van der Waals surface area (Å²) in [6.45, 7) is 6.39. The Hall–Kier alpha value is -2.41. The Bertz CT molecular complexity index is 770. The van der Waals surface area contributed by atoms with E-state index in [0.717, 1.165) is 11.3 Å². The molecule has 2 aromatic carbocycles. The summed E-state index contributed by atoms with van der Waals surface area (Å²) in [5.41, 5.74) is 8.59. The van der Waals surface area contributed by atoms with Gasteiger partial charge in [-0.05, 0) is 55.2 Å². The van der Waals surface area contributed by atoms with Crippen LogP contribution in [0.2, 0.25) is 0 Å². The molecule has 0 radical (unpaired) electrons. The Morgan fingerprint density at radius 2 is 1.33 bits per heavy atom. The van der Waals surface area contributed by atoms with E-state index in [2.05, 4.69) is 74.3 Å². The average molecular weight is 273 g/mol. The highest BCUT2D eigenvalue weighted by Crippen LogP contribution is 2.27. The second-order valence-corrected chi connectivity index (χ2v) is 5.61. The molecule has 0 saturated heterocycles. The SMILES string of the molecule is Cc1ccnc(-c2ccc(-c3ccc(C)cc3C)cc2)c1. The third-order valence-electron chi connectivity index (χ3n) is 3.79. The van der Waals surface area contributed by atoms with Crippen LogP contribution in [0.1, 0.15) is 16.7 Å². The molecule has 0 spiro atoms. The van der Waals surface area contributed by atoms with Gasteiger partial charge in [0.05, 0.1) is 5.69 Å². The lowest BCUT2D eigenvalue weighted by Crippen LogP contribution is -1.87. The fourth-order valence-corrected chi connectivity index (χ4v) is 2.65. The summed E-state index contributed by atoms with van der Waals surface area (Å²) in [7, 11) is 0. The van der Waals surface area contributed by atoms with E-state index in [1.807, 2.05) is 12.3 Å². The normalized spacial score (nSPS) is 10.6. The highest BCUT2D eigenvalue weighted by Gasteiger charge is 2.04. The van der Waals surface area contributed by atoms with Gasteiger partial charge in [0, 0.05) is 11.8 Å². The van der Waals surface area contributed by atoms with E-state index in [9.17, 15) is 0 Å². The number of benzene rings is 2. The molecule has 0 aliphatic rings. The Morgan fingerprint density at radius 1 is 0.667 bits per heavy atom. The highest BCUT2D eigenvalue weighted by atomic mass is 14.7. The van der Waals surface area contributed by atoms with Crippen LogP contribution >= 0.6 is 0 Å². The molecule has 0 unspecified atom stereocenters. The van der Waals surface area contributed by atoms with E-state index in [-0.39, 0.29) is 0 Å². The van der Waals surface area contributed by atoms with Gasteiger partial charge in [0.2, 0.25) is 0 Å². The van der Waals surface area contributed by atoms with E-state index < -0.39 is 0 Å². The largest absolute Gasteiger partial charge is 0.256 e. The first kappa shape index (κ1) is 13.6. The minimum atomic E-state index is 1.03. The van der Waals surface area contributed by atoms with Gasteiger partial charge < -0.3 is 0 Å². The van der Waals surface area contributed by atoms with E-state index in [0.29, 0.717) is 0 Å². The van der Waals surface area contributed by atoms with Gasteiger partial charge in [0.25, 0.3) is 0 Å². The third-order valence-corrected chi connectivity index (χ3v) is 3.79. The number of pyridine rings is 1. The van der Waals surface area contributed by atoms with Crippen molar-refractivity contribution in [1.29, 1.82) is 0 Å². The van der Waals surface area contributed by atoms with Crippen LogP contribution in [0.5, 0.6) is 0 Å². The molecule has 21 heavy (non-hydrogen) atoms. The van der Waals surface area contributed by atoms with E-state index >= 15 is 0 Å². The summed E-state index contributed by atoms with van der Waals surface area (Å²) in [5.74, 6) is 0. The van der Waals surface area contributed by atoms with Gasteiger partial charge in [-0.25, -0.2) is 0 Å². The number of aromatic nitrogens is 1. The predicted octanol–water partition coefficient (Wildman–Crippen LogP) is 5.34. The van der Waals surface area contributed by atoms with Gasteiger partial charge in [-0.3, -0.25) is 4.98 Å². The Morgan fingerprint density at radius 3 is 2.00 bits per heavy atom. The fraction of sp³-hybridized carbons (Fsp3) is 0.150. The molecule has 1 aromatic heterocycles. The zero-order valence-electron chi connectivity index (χ0n) is 12.7. The van der Waals surface area contributed by atoms with Gasteiger partial charge >= 0.3 is 0 Å². The maximum atomic E-state index is 4.44. The Labute approximate surface area is 126 Å². The summed E-state index contributed by atoms with van der Waals surface area (Å²) < 4.78 is 0. The zero-order valence-corrected chi connectivity index (χ0v) is 12.7. The first-order chi connectivity index (χ1) is 10.1. The third kappa shape index (κ3) is 2.87. The lowest BCUT2D eigenvalue weighted by Gasteiger charge is -2.08. The molecule has 0 aliphatic carbocycles. The van der Waals surface area contributed by atoms with E-state index in [4.69, 9.17) is 0 Å². The maximum Gasteiger partial charge on any atom is 0.0704 e. The van der Waals surface area contributed by atoms with Crippen LogP contribution in [0.25, 0.3) is 22.4 Å². The standard InChI is InChI=1S/C20H19N/c1-14-4-9-19(16(3)12-14)17-5-7-18(8-6-17)20-13-15(2)10-11-21-20/h4-13H,1-3H3. The molecule has 0 N–H and O–H groups in total. The van der Waals surface area contributed by atoms with Gasteiger partial charge in [-0.1, -0.05) is 48.0 Å². The molecule has 0 aliphatic heterocycles. The summed E-state index contributed by atoms with van der Waals surface area (Å²) in [6.07, 6.45) is 1.86. The van der Waals surface area contributed by atoms with Crippen molar-refractivity contribution in [2.24, 2.45) is 0 Å². The molecule has 1 nitrogen and oxygen atoms in total. The Kier molecular flexibility index (Phi) is 3.57. The van der Waals surface area contributed by atoms with Crippen LogP contribution < -0.4 is 0 Å². The molecular formula is C20H19N. The van der Waals surface area contributed by atoms with Crippen molar-refractivity contribution in [1.82, 2.24) is 4.98 Å². The maximum absolute atomic E-state index is 4.44. The molecule has 104 valence electrons. The van der Waals surface area contributed by atoms with Crippen molar-refractivity contribution in [3.8, 4) is 22.4 Å².